The number of nitrogens with one attached hydrogen (secondary N) is 2. The lowest BCUT2D eigenvalue weighted by Crippen LogP contribution is -2.44. The molecule has 1 saturated heterocycles. The molecule has 0 unspecified atom stereocenters. The number of hydrogen-bond acceptors (Lipinski definition) is 3. The molecule has 1 fully saturated rings. The van der Waals surface area contributed by atoms with E-state index in [0.717, 1.165) is 45.6 Å². The summed E-state index contributed by atoms with van der Waals surface area (Å²) in [4.78, 5) is 6.32. The van der Waals surface area contributed by atoms with Crippen LogP contribution in [0.1, 0.15) is 19.3 Å². The van der Waals surface area contributed by atoms with Gasteiger partial charge in [-0.2, -0.15) is 13.2 Å². The summed E-state index contributed by atoms with van der Waals surface area (Å²) in [6, 6.07) is 0. The largest absolute Gasteiger partial charge is 0.390 e. The first kappa shape index (κ1) is 22.7. The van der Waals surface area contributed by atoms with Crippen molar-refractivity contribution < 1.29 is 17.9 Å². The van der Waals surface area contributed by atoms with Crippen LogP contribution in [0.25, 0.3) is 0 Å². The Balaban J connectivity index is 0.00000484. The Hall–Kier alpha value is -0.290. The van der Waals surface area contributed by atoms with Crippen LogP contribution in [0.2, 0.25) is 0 Å². The zero-order chi connectivity index (χ0) is 16.4. The van der Waals surface area contributed by atoms with Gasteiger partial charge in [-0.1, -0.05) is 0 Å². The summed E-state index contributed by atoms with van der Waals surface area (Å²) in [6.07, 6.45) is -2.83. The number of methoxy groups -OCH3 is 1. The van der Waals surface area contributed by atoms with Gasteiger partial charge in [0.2, 0.25) is 0 Å². The predicted molar refractivity (Wildman–Crippen MR) is 96.5 cm³/mol. The van der Waals surface area contributed by atoms with Gasteiger partial charge in [-0.3, -0.25) is 4.99 Å². The molecule has 2 N–H and O–H groups in total. The quantitative estimate of drug-likeness (QED) is 0.353. The highest BCUT2D eigenvalue weighted by molar-refractivity contribution is 14.0. The lowest BCUT2D eigenvalue weighted by molar-refractivity contribution is -0.132. The zero-order valence-electron chi connectivity index (χ0n) is 13.8. The van der Waals surface area contributed by atoms with Crippen LogP contribution >= 0.6 is 24.0 Å². The molecule has 0 saturated carbocycles. The number of nitrogens with zero attached hydrogens (tertiary/aromatic N) is 2. The first-order valence-corrected chi connectivity index (χ1v) is 7.67. The second-order valence-corrected chi connectivity index (χ2v) is 5.52. The van der Waals surface area contributed by atoms with Crippen LogP contribution in [0.15, 0.2) is 4.99 Å². The average molecular weight is 452 g/mol. The fraction of sp³-hybridized carbons (Fsp3) is 0.929. The first-order valence-electron chi connectivity index (χ1n) is 7.67. The number of likely N-dealkylation sites (tertiary alicyclic amines) is 1. The highest BCUT2D eigenvalue weighted by Gasteiger charge is 2.26. The van der Waals surface area contributed by atoms with E-state index in [9.17, 15) is 13.2 Å². The van der Waals surface area contributed by atoms with E-state index in [-0.39, 0.29) is 30.5 Å². The fourth-order valence-corrected chi connectivity index (χ4v) is 2.42. The maximum Gasteiger partial charge on any atom is 0.390 e. The maximum absolute atomic E-state index is 12.1. The normalized spacial score (nSPS) is 17.7. The molecule has 9 heteroatoms. The molecule has 138 valence electrons. The molecule has 1 aliphatic rings. The average Bonchev–Trinajstić information content (AvgIpc) is 2.48. The Morgan fingerprint density at radius 1 is 1.26 bits per heavy atom. The Bertz CT molecular complexity index is 334. The number of alkyl halides is 3. The number of guanidine groups is 1. The monoisotopic (exact) mass is 452 g/mol. The van der Waals surface area contributed by atoms with Crippen LogP contribution in [0.4, 0.5) is 13.2 Å². The van der Waals surface area contributed by atoms with Crippen molar-refractivity contribution in [2.24, 2.45) is 10.9 Å². The third-order valence-corrected chi connectivity index (χ3v) is 3.80. The number of piperidine rings is 1. The maximum atomic E-state index is 12.1. The minimum atomic E-state index is -4.14. The molecule has 1 heterocycles. The Kier molecular flexibility index (Phi) is 12.0. The van der Waals surface area contributed by atoms with Crippen molar-refractivity contribution >= 4 is 29.9 Å². The van der Waals surface area contributed by atoms with E-state index in [1.807, 2.05) is 0 Å². The Morgan fingerprint density at radius 2 is 1.91 bits per heavy atom. The molecule has 0 spiro atoms. The van der Waals surface area contributed by atoms with Gasteiger partial charge in [-0.25, -0.2) is 0 Å². The van der Waals surface area contributed by atoms with Gasteiger partial charge < -0.3 is 20.3 Å². The summed E-state index contributed by atoms with van der Waals surface area (Å²) in [5.41, 5.74) is 0. The highest BCUT2D eigenvalue weighted by atomic mass is 127. The minimum Gasteiger partial charge on any atom is -0.383 e. The van der Waals surface area contributed by atoms with Crippen LogP contribution < -0.4 is 10.6 Å². The summed E-state index contributed by atoms with van der Waals surface area (Å²) in [5.74, 6) is 0.964. The van der Waals surface area contributed by atoms with Gasteiger partial charge in [0.05, 0.1) is 13.0 Å². The van der Waals surface area contributed by atoms with Gasteiger partial charge in [0.25, 0.3) is 0 Å². The van der Waals surface area contributed by atoms with Gasteiger partial charge in [0.15, 0.2) is 5.96 Å². The fourth-order valence-electron chi connectivity index (χ4n) is 2.42. The van der Waals surface area contributed by atoms with Crippen molar-refractivity contribution in [2.75, 3.05) is 53.5 Å². The van der Waals surface area contributed by atoms with Crippen LogP contribution in [0.3, 0.4) is 0 Å². The Labute approximate surface area is 153 Å². The number of hydrogen-bond donors (Lipinski definition) is 2. The van der Waals surface area contributed by atoms with E-state index in [1.165, 1.54) is 0 Å². The van der Waals surface area contributed by atoms with E-state index in [0.29, 0.717) is 11.9 Å². The van der Waals surface area contributed by atoms with Gasteiger partial charge in [0.1, 0.15) is 0 Å². The van der Waals surface area contributed by atoms with E-state index < -0.39 is 12.6 Å². The lowest BCUT2D eigenvalue weighted by atomic mass is 9.97. The summed E-state index contributed by atoms with van der Waals surface area (Å²) in [7, 11) is 3.27. The topological polar surface area (TPSA) is 48.9 Å². The van der Waals surface area contributed by atoms with Gasteiger partial charge in [-0.15, -0.1) is 24.0 Å². The molecule has 1 aliphatic heterocycles. The molecule has 23 heavy (non-hydrogen) atoms. The van der Waals surface area contributed by atoms with Crippen molar-refractivity contribution in [3.05, 3.63) is 0 Å². The molecule has 0 atom stereocenters. The molecule has 5 nitrogen and oxygen atoms in total. The molecule has 0 bridgehead atoms. The Morgan fingerprint density at radius 3 is 2.43 bits per heavy atom. The zero-order valence-corrected chi connectivity index (χ0v) is 16.1. The standard InChI is InChI=1S/C14H27F3N4O.HI/c1-18-13(19-6-5-14(15,16)17)20-11-12-3-7-21(8-4-12)9-10-22-2;/h12H,3-11H2,1-2H3,(H2,18,19,20);1H. The van der Waals surface area contributed by atoms with Crippen LogP contribution in [-0.4, -0.2) is 70.5 Å². The number of ether oxygens (including phenoxy) is 1. The highest BCUT2D eigenvalue weighted by Crippen LogP contribution is 2.18. The second-order valence-electron chi connectivity index (χ2n) is 5.52. The second kappa shape index (κ2) is 12.1. The van der Waals surface area contributed by atoms with E-state index in [2.05, 4.69) is 20.5 Å². The summed E-state index contributed by atoms with van der Waals surface area (Å²) < 4.78 is 41.4. The van der Waals surface area contributed by atoms with Crippen molar-refractivity contribution in [3.8, 4) is 0 Å². The SMILES string of the molecule is CN=C(NCCC(F)(F)F)NCC1CCN(CCOC)CC1.I. The van der Waals surface area contributed by atoms with Crippen LogP contribution in [0, 0.1) is 5.92 Å². The van der Waals surface area contributed by atoms with Crippen molar-refractivity contribution in [1.29, 1.82) is 0 Å². The van der Waals surface area contributed by atoms with Crippen LogP contribution in [-0.2, 0) is 4.74 Å². The van der Waals surface area contributed by atoms with Gasteiger partial charge in [-0.05, 0) is 31.8 Å². The third kappa shape index (κ3) is 11.0. The molecule has 1 rings (SSSR count). The molecular formula is C14H28F3IN4O. The van der Waals surface area contributed by atoms with Gasteiger partial charge in [0, 0.05) is 33.8 Å². The third-order valence-electron chi connectivity index (χ3n) is 3.80. The molecule has 0 aliphatic carbocycles. The van der Waals surface area contributed by atoms with E-state index in [1.54, 1.807) is 14.2 Å². The van der Waals surface area contributed by atoms with Crippen molar-refractivity contribution in [3.63, 3.8) is 0 Å². The smallest absolute Gasteiger partial charge is 0.383 e. The lowest BCUT2D eigenvalue weighted by Gasteiger charge is -2.32. The minimum absolute atomic E-state index is 0. The summed E-state index contributed by atoms with van der Waals surface area (Å²) >= 11 is 0. The summed E-state index contributed by atoms with van der Waals surface area (Å²) in [5, 5.41) is 5.81. The van der Waals surface area contributed by atoms with Crippen molar-refractivity contribution in [2.45, 2.75) is 25.4 Å². The predicted octanol–water partition coefficient (Wildman–Crippen LogP) is 2.08. The van der Waals surface area contributed by atoms with Crippen molar-refractivity contribution in [1.82, 2.24) is 15.5 Å². The van der Waals surface area contributed by atoms with E-state index in [4.69, 9.17) is 4.74 Å². The molecule has 0 aromatic rings. The molecular weight excluding hydrogens is 424 g/mol. The molecule has 0 aromatic carbocycles. The van der Waals surface area contributed by atoms with E-state index >= 15 is 0 Å². The molecule has 0 aromatic heterocycles. The first-order chi connectivity index (χ1) is 10.4. The van der Waals surface area contributed by atoms with Crippen LogP contribution in [0.5, 0.6) is 0 Å². The number of rotatable bonds is 7. The number of aliphatic imine (C=N–C) groups is 1. The number of halogens is 4. The van der Waals surface area contributed by atoms with Gasteiger partial charge >= 0.3 is 6.18 Å². The molecule has 0 radical (unpaired) electrons. The molecule has 0 amide bonds. The summed E-state index contributed by atoms with van der Waals surface area (Å²) in [6.45, 7) is 4.37.